The smallest absolute Gasteiger partial charge is 0.225 e. The summed E-state index contributed by atoms with van der Waals surface area (Å²) in [6.07, 6.45) is 4.31. The van der Waals surface area contributed by atoms with Gasteiger partial charge in [-0.2, -0.15) is 0 Å². The van der Waals surface area contributed by atoms with Crippen LogP contribution in [0.15, 0.2) is 0 Å². The Labute approximate surface area is 117 Å². The van der Waals surface area contributed by atoms with Gasteiger partial charge in [0, 0.05) is 44.7 Å². The van der Waals surface area contributed by atoms with E-state index in [-0.39, 0.29) is 11.5 Å². The second-order valence-corrected chi connectivity index (χ2v) is 5.98. The Hall–Kier alpha value is -0.610. The van der Waals surface area contributed by atoms with Crippen LogP contribution in [0.2, 0.25) is 0 Å². The summed E-state index contributed by atoms with van der Waals surface area (Å²) in [7, 11) is 1.75. The number of rotatable bonds is 6. The second kappa shape index (κ2) is 6.23. The van der Waals surface area contributed by atoms with Crippen molar-refractivity contribution in [1.29, 1.82) is 0 Å². The highest BCUT2D eigenvalue weighted by atomic mass is 16.5. The van der Waals surface area contributed by atoms with Gasteiger partial charge in [-0.15, -0.1) is 0 Å². The quantitative estimate of drug-likeness (QED) is 0.736. The number of amides is 1. The number of ether oxygens (including phenoxy) is 1. The molecule has 1 unspecified atom stereocenters. The van der Waals surface area contributed by atoms with Gasteiger partial charge in [0.2, 0.25) is 5.91 Å². The minimum atomic E-state index is 0.225. The molecule has 2 saturated heterocycles. The molecule has 1 spiro atoms. The summed E-state index contributed by atoms with van der Waals surface area (Å²) >= 11 is 0. The molecule has 4 nitrogen and oxygen atoms in total. The van der Waals surface area contributed by atoms with Gasteiger partial charge in [0.15, 0.2) is 0 Å². The molecular weight excluding hydrogens is 240 g/mol. The lowest BCUT2D eigenvalue weighted by Crippen LogP contribution is -2.62. The lowest BCUT2D eigenvalue weighted by molar-refractivity contribution is -0.136. The molecule has 0 aromatic carbocycles. The predicted molar refractivity (Wildman–Crippen MR) is 76.1 cm³/mol. The Morgan fingerprint density at radius 3 is 2.47 bits per heavy atom. The zero-order chi connectivity index (χ0) is 13.9. The topological polar surface area (TPSA) is 32.8 Å². The Balaban J connectivity index is 1.90. The first-order valence-electron chi connectivity index (χ1n) is 7.69. The summed E-state index contributed by atoms with van der Waals surface area (Å²) in [5, 5.41) is 0. The minimum Gasteiger partial charge on any atom is -0.383 e. The molecule has 0 aliphatic carbocycles. The van der Waals surface area contributed by atoms with Crippen LogP contribution in [0.5, 0.6) is 0 Å². The lowest BCUT2D eigenvalue weighted by Gasteiger charge is -2.50. The van der Waals surface area contributed by atoms with Crippen molar-refractivity contribution in [3.05, 3.63) is 0 Å². The van der Waals surface area contributed by atoms with E-state index in [0.717, 1.165) is 52.0 Å². The van der Waals surface area contributed by atoms with Crippen LogP contribution < -0.4 is 0 Å². The average Bonchev–Trinajstić information content (AvgIpc) is 2.86. The van der Waals surface area contributed by atoms with Crippen molar-refractivity contribution >= 4 is 5.91 Å². The van der Waals surface area contributed by atoms with Crippen LogP contribution in [0.25, 0.3) is 0 Å². The molecule has 19 heavy (non-hydrogen) atoms. The normalized spacial score (nSPS) is 27.3. The SMILES string of the molecule is CCC(CC)C(=O)N1CCC2(CCN2CCOC)C1. The van der Waals surface area contributed by atoms with Crippen molar-refractivity contribution in [2.75, 3.05) is 39.9 Å². The fraction of sp³-hybridized carbons (Fsp3) is 0.933. The fourth-order valence-corrected chi connectivity index (χ4v) is 3.54. The zero-order valence-electron chi connectivity index (χ0n) is 12.7. The first-order chi connectivity index (χ1) is 9.16. The standard InChI is InChI=1S/C15H28N2O2/c1-4-13(5-2)14(18)16-8-6-15(12-16)7-9-17(15)10-11-19-3/h13H,4-12H2,1-3H3. The van der Waals surface area contributed by atoms with Gasteiger partial charge in [0.05, 0.1) is 6.61 Å². The van der Waals surface area contributed by atoms with Crippen LogP contribution in [0.3, 0.4) is 0 Å². The molecule has 0 radical (unpaired) electrons. The van der Waals surface area contributed by atoms with Crippen LogP contribution in [0.1, 0.15) is 39.5 Å². The molecule has 0 N–H and O–H groups in total. The third kappa shape index (κ3) is 2.79. The van der Waals surface area contributed by atoms with Crippen molar-refractivity contribution in [3.8, 4) is 0 Å². The molecule has 2 aliphatic rings. The van der Waals surface area contributed by atoms with Crippen LogP contribution in [0.4, 0.5) is 0 Å². The Morgan fingerprint density at radius 2 is 1.95 bits per heavy atom. The highest BCUT2D eigenvalue weighted by Crippen LogP contribution is 2.39. The summed E-state index contributed by atoms with van der Waals surface area (Å²) in [6, 6.07) is 0. The van der Waals surface area contributed by atoms with Crippen LogP contribution in [0, 0.1) is 5.92 Å². The van der Waals surface area contributed by atoms with Crippen molar-refractivity contribution in [1.82, 2.24) is 9.80 Å². The van der Waals surface area contributed by atoms with E-state index in [2.05, 4.69) is 23.6 Å². The zero-order valence-corrected chi connectivity index (χ0v) is 12.7. The molecule has 4 heteroatoms. The number of carbonyl (C=O) groups is 1. The third-order valence-corrected chi connectivity index (χ3v) is 5.06. The number of likely N-dealkylation sites (tertiary alicyclic amines) is 2. The van der Waals surface area contributed by atoms with Gasteiger partial charge in [-0.1, -0.05) is 13.8 Å². The van der Waals surface area contributed by atoms with Crippen molar-refractivity contribution in [3.63, 3.8) is 0 Å². The fourth-order valence-electron chi connectivity index (χ4n) is 3.54. The number of hydrogen-bond acceptors (Lipinski definition) is 3. The molecule has 0 aromatic heterocycles. The average molecular weight is 268 g/mol. The maximum atomic E-state index is 12.4. The van der Waals surface area contributed by atoms with Crippen molar-refractivity contribution in [2.24, 2.45) is 5.92 Å². The molecule has 2 fully saturated rings. The Morgan fingerprint density at radius 1 is 1.26 bits per heavy atom. The van der Waals surface area contributed by atoms with E-state index in [1.165, 1.54) is 6.42 Å². The summed E-state index contributed by atoms with van der Waals surface area (Å²) in [5.74, 6) is 0.600. The molecule has 1 amide bonds. The van der Waals surface area contributed by atoms with E-state index in [4.69, 9.17) is 4.74 Å². The third-order valence-electron chi connectivity index (χ3n) is 5.06. The minimum absolute atomic E-state index is 0.225. The number of carbonyl (C=O) groups excluding carboxylic acids is 1. The molecule has 1 atom stereocenters. The first-order valence-corrected chi connectivity index (χ1v) is 7.69. The number of hydrogen-bond donors (Lipinski definition) is 0. The highest BCUT2D eigenvalue weighted by molar-refractivity contribution is 5.79. The monoisotopic (exact) mass is 268 g/mol. The van der Waals surface area contributed by atoms with E-state index in [9.17, 15) is 4.79 Å². The number of nitrogens with zero attached hydrogens (tertiary/aromatic N) is 2. The molecule has 2 aliphatic heterocycles. The molecular formula is C15H28N2O2. The maximum absolute atomic E-state index is 12.4. The molecule has 2 rings (SSSR count). The van der Waals surface area contributed by atoms with E-state index < -0.39 is 0 Å². The molecule has 2 heterocycles. The van der Waals surface area contributed by atoms with Gasteiger partial charge < -0.3 is 9.64 Å². The largest absolute Gasteiger partial charge is 0.383 e. The van der Waals surface area contributed by atoms with Gasteiger partial charge >= 0.3 is 0 Å². The van der Waals surface area contributed by atoms with Gasteiger partial charge in [-0.25, -0.2) is 0 Å². The van der Waals surface area contributed by atoms with E-state index >= 15 is 0 Å². The van der Waals surface area contributed by atoms with Crippen molar-refractivity contribution < 1.29 is 9.53 Å². The van der Waals surface area contributed by atoms with Crippen molar-refractivity contribution in [2.45, 2.75) is 45.1 Å². The molecule has 0 bridgehead atoms. The van der Waals surface area contributed by atoms with E-state index in [1.807, 2.05) is 0 Å². The van der Waals surface area contributed by atoms with Crippen LogP contribution in [-0.4, -0.2) is 61.1 Å². The molecule has 0 saturated carbocycles. The summed E-state index contributed by atoms with van der Waals surface area (Å²) < 4.78 is 5.18. The van der Waals surface area contributed by atoms with Crippen LogP contribution in [-0.2, 0) is 9.53 Å². The first kappa shape index (κ1) is 14.8. The van der Waals surface area contributed by atoms with E-state index in [0.29, 0.717) is 5.91 Å². The van der Waals surface area contributed by atoms with E-state index in [1.54, 1.807) is 7.11 Å². The van der Waals surface area contributed by atoms with Gasteiger partial charge in [-0.05, 0) is 25.7 Å². The Kier molecular flexibility index (Phi) is 4.85. The maximum Gasteiger partial charge on any atom is 0.225 e. The van der Waals surface area contributed by atoms with Gasteiger partial charge in [0.1, 0.15) is 0 Å². The molecule has 0 aromatic rings. The highest BCUT2D eigenvalue weighted by Gasteiger charge is 2.50. The molecule has 110 valence electrons. The second-order valence-electron chi connectivity index (χ2n) is 5.98. The number of methoxy groups -OCH3 is 1. The Bertz CT molecular complexity index is 317. The summed E-state index contributed by atoms with van der Waals surface area (Å²) in [5.41, 5.74) is 0.278. The van der Waals surface area contributed by atoms with Crippen LogP contribution >= 0.6 is 0 Å². The summed E-state index contributed by atoms with van der Waals surface area (Å²) in [6.45, 7) is 9.07. The predicted octanol–water partition coefficient (Wildman–Crippen LogP) is 1.75. The lowest BCUT2D eigenvalue weighted by atomic mass is 9.84. The van der Waals surface area contributed by atoms with Gasteiger partial charge in [0.25, 0.3) is 0 Å². The van der Waals surface area contributed by atoms with Gasteiger partial charge in [-0.3, -0.25) is 9.69 Å². The summed E-state index contributed by atoms with van der Waals surface area (Å²) in [4.78, 5) is 17.1.